The molecule has 9 nitrogen and oxygen atoms in total. The van der Waals surface area contributed by atoms with Crippen LogP contribution in [-0.4, -0.2) is 63.7 Å². The van der Waals surface area contributed by atoms with Crippen LogP contribution in [0.3, 0.4) is 0 Å². The van der Waals surface area contributed by atoms with Crippen LogP contribution >= 0.6 is 11.3 Å². The maximum Gasteiger partial charge on any atom is 0.258 e. The molecule has 10 heteroatoms. The number of anilines is 1. The summed E-state index contributed by atoms with van der Waals surface area (Å²) in [6.45, 7) is 3.39. The molecule has 1 saturated heterocycles. The molecule has 0 spiro atoms. The minimum absolute atomic E-state index is 0.0438. The van der Waals surface area contributed by atoms with E-state index in [1.165, 1.54) is 15.7 Å². The zero-order valence-electron chi connectivity index (χ0n) is 18.8. The number of thiazole rings is 1. The number of nitriles is 1. The Hall–Kier alpha value is -3.55. The minimum atomic E-state index is -0.158. The zero-order valence-corrected chi connectivity index (χ0v) is 19.6. The summed E-state index contributed by atoms with van der Waals surface area (Å²) in [7, 11) is 0. The van der Waals surface area contributed by atoms with Crippen molar-refractivity contribution in [1.82, 2.24) is 19.2 Å². The number of rotatable bonds is 8. The van der Waals surface area contributed by atoms with Gasteiger partial charge in [-0.15, -0.1) is 11.3 Å². The SMILES string of the molecule is N#CCCN(C(=O)CCC(=O)N1CCN(Cc2cc(=O)n3ccsc3n2)CC1)c1ccccc1. The lowest BCUT2D eigenvalue weighted by molar-refractivity contribution is -0.134. The van der Waals surface area contributed by atoms with E-state index in [4.69, 9.17) is 5.26 Å². The Labute approximate surface area is 201 Å². The second-order valence-electron chi connectivity index (χ2n) is 8.09. The number of fused-ring (bicyclic) bond motifs is 1. The fourth-order valence-electron chi connectivity index (χ4n) is 4.03. The highest BCUT2D eigenvalue weighted by atomic mass is 32.1. The monoisotopic (exact) mass is 478 g/mol. The summed E-state index contributed by atoms with van der Waals surface area (Å²) in [6.07, 6.45) is 2.20. The maximum atomic E-state index is 12.8. The minimum Gasteiger partial charge on any atom is -0.340 e. The van der Waals surface area contributed by atoms with Crippen molar-refractivity contribution in [1.29, 1.82) is 5.26 Å². The van der Waals surface area contributed by atoms with Crippen LogP contribution in [0, 0.1) is 11.3 Å². The number of hydrogen-bond acceptors (Lipinski definition) is 7. The smallest absolute Gasteiger partial charge is 0.258 e. The highest BCUT2D eigenvalue weighted by molar-refractivity contribution is 7.15. The van der Waals surface area contributed by atoms with Gasteiger partial charge in [0.15, 0.2) is 4.96 Å². The number of carbonyl (C=O) groups excluding carboxylic acids is 2. The summed E-state index contributed by atoms with van der Waals surface area (Å²) < 4.78 is 1.53. The van der Waals surface area contributed by atoms with Gasteiger partial charge >= 0.3 is 0 Å². The van der Waals surface area contributed by atoms with Crippen molar-refractivity contribution in [3.8, 4) is 6.07 Å². The lowest BCUT2D eigenvalue weighted by Crippen LogP contribution is -2.48. The molecule has 2 amide bonds. The van der Waals surface area contributed by atoms with Gasteiger partial charge in [0.25, 0.3) is 5.56 Å². The first kappa shape index (κ1) is 23.6. The zero-order chi connectivity index (χ0) is 23.9. The molecule has 1 fully saturated rings. The highest BCUT2D eigenvalue weighted by Gasteiger charge is 2.23. The molecule has 0 atom stereocenters. The van der Waals surface area contributed by atoms with Gasteiger partial charge in [-0.3, -0.25) is 23.7 Å². The first-order chi connectivity index (χ1) is 16.5. The van der Waals surface area contributed by atoms with Crippen molar-refractivity contribution >= 4 is 33.8 Å². The highest BCUT2D eigenvalue weighted by Crippen LogP contribution is 2.16. The lowest BCUT2D eigenvalue weighted by atomic mass is 10.2. The van der Waals surface area contributed by atoms with Gasteiger partial charge in [-0.2, -0.15) is 5.26 Å². The molecule has 176 valence electrons. The number of aromatic nitrogens is 2. The molecule has 1 aromatic carbocycles. The second kappa shape index (κ2) is 11.0. The van der Waals surface area contributed by atoms with Crippen LogP contribution in [-0.2, 0) is 16.1 Å². The van der Waals surface area contributed by atoms with E-state index in [1.807, 2.05) is 35.7 Å². The Morgan fingerprint density at radius 1 is 1.12 bits per heavy atom. The number of nitrogens with zero attached hydrogens (tertiary/aromatic N) is 6. The summed E-state index contributed by atoms with van der Waals surface area (Å²) in [5.74, 6) is -0.201. The molecule has 0 saturated carbocycles. The number of para-hydroxylation sites is 1. The Balaban J connectivity index is 1.27. The lowest BCUT2D eigenvalue weighted by Gasteiger charge is -2.34. The first-order valence-electron chi connectivity index (χ1n) is 11.2. The molecule has 3 aromatic rings. The summed E-state index contributed by atoms with van der Waals surface area (Å²) in [5, 5.41) is 10.8. The van der Waals surface area contributed by atoms with Gasteiger partial charge < -0.3 is 9.80 Å². The van der Waals surface area contributed by atoms with E-state index < -0.39 is 0 Å². The second-order valence-corrected chi connectivity index (χ2v) is 8.96. The standard InChI is InChI=1S/C24H26N6O3S/c25-9-4-10-29(20-5-2-1-3-6-20)22(32)8-7-21(31)28-13-11-27(12-14-28)18-19-17-23(33)30-15-16-34-24(30)26-19/h1-3,5-6,15-17H,4,7-8,10-14,18H2. The van der Waals surface area contributed by atoms with Crippen LogP contribution in [0.15, 0.2) is 52.8 Å². The number of benzene rings is 1. The fraction of sp³-hybridized carbons (Fsp3) is 0.375. The fourth-order valence-corrected chi connectivity index (χ4v) is 4.77. The Kier molecular flexibility index (Phi) is 7.67. The molecule has 4 rings (SSSR count). The molecule has 1 aliphatic heterocycles. The van der Waals surface area contributed by atoms with E-state index >= 15 is 0 Å². The third-order valence-corrected chi connectivity index (χ3v) is 6.59. The van der Waals surface area contributed by atoms with E-state index in [0.29, 0.717) is 44.2 Å². The third kappa shape index (κ3) is 5.68. The van der Waals surface area contributed by atoms with Crippen LogP contribution < -0.4 is 10.5 Å². The van der Waals surface area contributed by atoms with Crippen molar-refractivity contribution in [3.63, 3.8) is 0 Å². The Bertz CT molecular complexity index is 1240. The normalized spacial score (nSPS) is 14.1. The molecule has 0 aliphatic carbocycles. The quantitative estimate of drug-likeness (QED) is 0.492. The van der Waals surface area contributed by atoms with Gasteiger partial charge in [-0.25, -0.2) is 4.98 Å². The van der Waals surface area contributed by atoms with E-state index in [9.17, 15) is 14.4 Å². The van der Waals surface area contributed by atoms with Crippen LogP contribution in [0.2, 0.25) is 0 Å². The van der Waals surface area contributed by atoms with Crippen molar-refractivity contribution in [3.05, 3.63) is 64.0 Å². The number of amides is 2. The van der Waals surface area contributed by atoms with Crippen molar-refractivity contribution in [2.75, 3.05) is 37.6 Å². The van der Waals surface area contributed by atoms with Gasteiger partial charge in [0, 0.05) is 75.4 Å². The average Bonchev–Trinajstić information content (AvgIpc) is 3.33. The van der Waals surface area contributed by atoms with Gasteiger partial charge in [-0.1, -0.05) is 18.2 Å². The number of hydrogen-bond donors (Lipinski definition) is 0. The van der Waals surface area contributed by atoms with Gasteiger partial charge in [0.2, 0.25) is 11.8 Å². The summed E-state index contributed by atoms with van der Waals surface area (Å²) in [6, 6.07) is 12.9. The number of piperazine rings is 1. The molecule has 0 N–H and O–H groups in total. The van der Waals surface area contributed by atoms with Gasteiger partial charge in [0.05, 0.1) is 18.2 Å². The molecular formula is C24H26N6O3S. The molecule has 2 aromatic heterocycles. The summed E-state index contributed by atoms with van der Waals surface area (Å²) in [4.78, 5) is 48.5. The Morgan fingerprint density at radius 2 is 1.88 bits per heavy atom. The number of carbonyl (C=O) groups is 2. The summed E-state index contributed by atoms with van der Waals surface area (Å²) >= 11 is 1.43. The average molecular weight is 479 g/mol. The van der Waals surface area contributed by atoms with Crippen LogP contribution in [0.4, 0.5) is 5.69 Å². The maximum absolute atomic E-state index is 12.8. The van der Waals surface area contributed by atoms with Crippen LogP contribution in [0.1, 0.15) is 25.0 Å². The molecule has 34 heavy (non-hydrogen) atoms. The molecule has 0 radical (unpaired) electrons. The van der Waals surface area contributed by atoms with E-state index in [0.717, 1.165) is 11.4 Å². The third-order valence-electron chi connectivity index (χ3n) is 5.84. The largest absolute Gasteiger partial charge is 0.340 e. The predicted octanol–water partition coefficient (Wildman–Crippen LogP) is 2.13. The van der Waals surface area contributed by atoms with Crippen molar-refractivity contribution < 1.29 is 9.59 Å². The first-order valence-corrected chi connectivity index (χ1v) is 12.1. The van der Waals surface area contributed by atoms with E-state index in [2.05, 4.69) is 16.0 Å². The van der Waals surface area contributed by atoms with Gasteiger partial charge in [0.1, 0.15) is 0 Å². The van der Waals surface area contributed by atoms with Crippen molar-refractivity contribution in [2.24, 2.45) is 0 Å². The molecule has 1 aliphatic rings. The summed E-state index contributed by atoms with van der Waals surface area (Å²) in [5.41, 5.74) is 1.38. The molecule has 0 unspecified atom stereocenters. The van der Waals surface area contributed by atoms with E-state index in [-0.39, 0.29) is 36.6 Å². The molecule has 0 bridgehead atoms. The molecule has 3 heterocycles. The van der Waals surface area contributed by atoms with E-state index in [1.54, 1.807) is 22.1 Å². The Morgan fingerprint density at radius 3 is 2.62 bits per heavy atom. The topological polar surface area (TPSA) is 102 Å². The van der Waals surface area contributed by atoms with Gasteiger partial charge in [-0.05, 0) is 12.1 Å². The predicted molar refractivity (Wildman–Crippen MR) is 129 cm³/mol. The molecular weight excluding hydrogens is 452 g/mol. The van der Waals surface area contributed by atoms with Crippen LogP contribution in [0.5, 0.6) is 0 Å². The van der Waals surface area contributed by atoms with Crippen molar-refractivity contribution in [2.45, 2.75) is 25.8 Å². The van der Waals surface area contributed by atoms with Crippen LogP contribution in [0.25, 0.3) is 4.96 Å².